The van der Waals surface area contributed by atoms with Crippen LogP contribution in [0.5, 0.6) is 5.75 Å². The van der Waals surface area contributed by atoms with Gasteiger partial charge in [0.15, 0.2) is 5.96 Å². The molecule has 0 aliphatic heterocycles. The van der Waals surface area contributed by atoms with Gasteiger partial charge in [0.2, 0.25) is 0 Å². The van der Waals surface area contributed by atoms with Crippen molar-refractivity contribution in [2.24, 2.45) is 4.99 Å². The van der Waals surface area contributed by atoms with Crippen molar-refractivity contribution >= 4 is 5.96 Å². The van der Waals surface area contributed by atoms with Crippen molar-refractivity contribution in [1.82, 2.24) is 10.6 Å². The van der Waals surface area contributed by atoms with Crippen LogP contribution in [-0.2, 0) is 13.1 Å². The third kappa shape index (κ3) is 5.02. The van der Waals surface area contributed by atoms with E-state index >= 15 is 0 Å². The van der Waals surface area contributed by atoms with Crippen molar-refractivity contribution in [3.63, 3.8) is 0 Å². The summed E-state index contributed by atoms with van der Waals surface area (Å²) in [7, 11) is 0. The number of aryl methyl sites for hydroxylation is 2. The third-order valence-corrected chi connectivity index (χ3v) is 3.62. The van der Waals surface area contributed by atoms with Gasteiger partial charge >= 0.3 is 0 Å². The van der Waals surface area contributed by atoms with E-state index in [0.29, 0.717) is 12.3 Å². The summed E-state index contributed by atoms with van der Waals surface area (Å²) >= 11 is 0. The van der Waals surface area contributed by atoms with Crippen LogP contribution < -0.4 is 10.6 Å². The molecule has 4 heteroatoms. The SMILES string of the molecule is CCNC(=NCc1cc(C)c(O)c(C)c1)NCc1ccccc1. The highest BCUT2D eigenvalue weighted by molar-refractivity contribution is 5.79. The molecule has 0 aliphatic carbocycles. The number of rotatable bonds is 5. The number of phenolic OH excluding ortho intramolecular Hbond substituents is 1. The molecule has 0 heterocycles. The van der Waals surface area contributed by atoms with Crippen molar-refractivity contribution in [3.05, 3.63) is 64.7 Å². The summed E-state index contributed by atoms with van der Waals surface area (Å²) < 4.78 is 0. The second-order valence-corrected chi connectivity index (χ2v) is 5.61. The molecular formula is C19H25N3O. The van der Waals surface area contributed by atoms with Crippen LogP contribution >= 0.6 is 0 Å². The highest BCUT2D eigenvalue weighted by atomic mass is 16.3. The zero-order valence-corrected chi connectivity index (χ0v) is 14.1. The molecule has 23 heavy (non-hydrogen) atoms. The number of aliphatic imine (C=N–C) groups is 1. The van der Waals surface area contributed by atoms with E-state index in [-0.39, 0.29) is 0 Å². The summed E-state index contributed by atoms with van der Waals surface area (Å²) in [5.74, 6) is 1.16. The Morgan fingerprint density at radius 2 is 1.65 bits per heavy atom. The molecular weight excluding hydrogens is 286 g/mol. The number of nitrogens with zero attached hydrogens (tertiary/aromatic N) is 1. The van der Waals surface area contributed by atoms with Gasteiger partial charge in [-0.15, -0.1) is 0 Å². The van der Waals surface area contributed by atoms with Gasteiger partial charge in [-0.2, -0.15) is 0 Å². The lowest BCUT2D eigenvalue weighted by Gasteiger charge is -2.12. The fourth-order valence-corrected chi connectivity index (χ4v) is 2.43. The fourth-order valence-electron chi connectivity index (χ4n) is 2.43. The van der Waals surface area contributed by atoms with Gasteiger partial charge < -0.3 is 15.7 Å². The molecule has 0 amide bonds. The van der Waals surface area contributed by atoms with Gasteiger partial charge in [-0.25, -0.2) is 4.99 Å². The van der Waals surface area contributed by atoms with Crippen LogP contribution in [0, 0.1) is 13.8 Å². The highest BCUT2D eigenvalue weighted by Gasteiger charge is 2.04. The molecule has 0 bridgehead atoms. The molecule has 0 saturated carbocycles. The maximum Gasteiger partial charge on any atom is 0.191 e. The minimum atomic E-state index is 0.367. The zero-order chi connectivity index (χ0) is 16.7. The predicted molar refractivity (Wildman–Crippen MR) is 95.7 cm³/mol. The number of nitrogens with one attached hydrogen (secondary N) is 2. The molecule has 0 aromatic heterocycles. The van der Waals surface area contributed by atoms with Gasteiger partial charge in [0.05, 0.1) is 6.54 Å². The standard InChI is InChI=1S/C19H25N3O/c1-4-20-19(21-12-16-8-6-5-7-9-16)22-13-17-10-14(2)18(23)15(3)11-17/h5-11,23H,4,12-13H2,1-3H3,(H2,20,21,22). The Morgan fingerprint density at radius 1 is 1.00 bits per heavy atom. The Bertz CT molecular complexity index is 643. The van der Waals surface area contributed by atoms with E-state index in [4.69, 9.17) is 0 Å². The molecule has 122 valence electrons. The molecule has 2 aromatic carbocycles. The molecule has 0 radical (unpaired) electrons. The average molecular weight is 311 g/mol. The van der Waals surface area contributed by atoms with Crippen LogP contribution in [0.3, 0.4) is 0 Å². The average Bonchev–Trinajstić information content (AvgIpc) is 2.56. The number of benzene rings is 2. The van der Waals surface area contributed by atoms with E-state index in [0.717, 1.165) is 35.7 Å². The van der Waals surface area contributed by atoms with Crippen LogP contribution in [0.25, 0.3) is 0 Å². The van der Waals surface area contributed by atoms with Crippen LogP contribution in [0.1, 0.15) is 29.2 Å². The summed E-state index contributed by atoms with van der Waals surface area (Å²) in [6, 6.07) is 14.2. The van der Waals surface area contributed by atoms with Crippen molar-refractivity contribution in [3.8, 4) is 5.75 Å². The van der Waals surface area contributed by atoms with Crippen LogP contribution in [0.15, 0.2) is 47.5 Å². The van der Waals surface area contributed by atoms with E-state index in [1.807, 2.05) is 44.2 Å². The number of phenols is 1. The maximum atomic E-state index is 9.84. The molecule has 2 rings (SSSR count). The smallest absolute Gasteiger partial charge is 0.191 e. The first kappa shape index (κ1) is 16.9. The first-order chi connectivity index (χ1) is 11.1. The third-order valence-electron chi connectivity index (χ3n) is 3.62. The fraction of sp³-hybridized carbons (Fsp3) is 0.316. The lowest BCUT2D eigenvalue weighted by atomic mass is 10.1. The maximum absolute atomic E-state index is 9.84. The minimum Gasteiger partial charge on any atom is -0.507 e. The van der Waals surface area contributed by atoms with E-state index in [1.54, 1.807) is 0 Å². The summed E-state index contributed by atoms with van der Waals surface area (Å²) in [4.78, 5) is 4.62. The Hall–Kier alpha value is -2.49. The number of hydrogen-bond acceptors (Lipinski definition) is 2. The first-order valence-corrected chi connectivity index (χ1v) is 7.95. The Kier molecular flexibility index (Phi) is 6.03. The highest BCUT2D eigenvalue weighted by Crippen LogP contribution is 2.23. The zero-order valence-electron chi connectivity index (χ0n) is 14.1. The van der Waals surface area contributed by atoms with E-state index in [1.165, 1.54) is 5.56 Å². The van der Waals surface area contributed by atoms with Crippen molar-refractivity contribution in [2.45, 2.75) is 33.9 Å². The number of aromatic hydroxyl groups is 1. The van der Waals surface area contributed by atoms with Crippen molar-refractivity contribution in [2.75, 3.05) is 6.54 Å². The van der Waals surface area contributed by atoms with E-state index in [2.05, 4.69) is 34.7 Å². The second kappa shape index (κ2) is 8.22. The second-order valence-electron chi connectivity index (χ2n) is 5.61. The summed E-state index contributed by atoms with van der Waals surface area (Å²) in [6.45, 7) is 8.00. The monoisotopic (exact) mass is 311 g/mol. The quantitative estimate of drug-likeness (QED) is 0.587. The van der Waals surface area contributed by atoms with Crippen LogP contribution in [0.2, 0.25) is 0 Å². The molecule has 0 atom stereocenters. The molecule has 0 saturated heterocycles. The molecule has 0 spiro atoms. The number of hydrogen-bond donors (Lipinski definition) is 3. The van der Waals surface area contributed by atoms with Gasteiger partial charge in [-0.05, 0) is 43.0 Å². The lowest BCUT2D eigenvalue weighted by Crippen LogP contribution is -2.36. The normalized spacial score (nSPS) is 11.3. The molecule has 0 aliphatic rings. The van der Waals surface area contributed by atoms with E-state index < -0.39 is 0 Å². The Labute approximate surface area is 138 Å². The summed E-state index contributed by atoms with van der Waals surface area (Å²) in [6.07, 6.45) is 0. The Morgan fingerprint density at radius 3 is 2.26 bits per heavy atom. The van der Waals surface area contributed by atoms with Gasteiger partial charge in [0.25, 0.3) is 0 Å². The summed E-state index contributed by atoms with van der Waals surface area (Å²) in [5, 5.41) is 16.4. The molecule has 3 N–H and O–H groups in total. The van der Waals surface area contributed by atoms with Gasteiger partial charge in [0, 0.05) is 13.1 Å². The van der Waals surface area contributed by atoms with E-state index in [9.17, 15) is 5.11 Å². The first-order valence-electron chi connectivity index (χ1n) is 7.95. The largest absolute Gasteiger partial charge is 0.507 e. The minimum absolute atomic E-state index is 0.367. The van der Waals surface area contributed by atoms with Gasteiger partial charge in [0.1, 0.15) is 5.75 Å². The lowest BCUT2D eigenvalue weighted by molar-refractivity contribution is 0.466. The van der Waals surface area contributed by atoms with Crippen molar-refractivity contribution in [1.29, 1.82) is 0 Å². The van der Waals surface area contributed by atoms with Gasteiger partial charge in [-0.3, -0.25) is 0 Å². The topological polar surface area (TPSA) is 56.7 Å². The van der Waals surface area contributed by atoms with Gasteiger partial charge in [-0.1, -0.05) is 42.5 Å². The molecule has 0 fully saturated rings. The van der Waals surface area contributed by atoms with Crippen molar-refractivity contribution < 1.29 is 5.11 Å². The molecule has 4 nitrogen and oxygen atoms in total. The summed E-state index contributed by atoms with van der Waals surface area (Å²) in [5.41, 5.74) is 4.08. The van der Waals surface area contributed by atoms with Crippen LogP contribution in [-0.4, -0.2) is 17.6 Å². The molecule has 0 unspecified atom stereocenters. The molecule has 2 aromatic rings. The predicted octanol–water partition coefficient (Wildman–Crippen LogP) is 3.26. The number of guanidine groups is 1. The van der Waals surface area contributed by atoms with Crippen LogP contribution in [0.4, 0.5) is 0 Å². The Balaban J connectivity index is 2.03.